The molecule has 0 amide bonds. The second-order valence-corrected chi connectivity index (χ2v) is 11.9. The van der Waals surface area contributed by atoms with E-state index >= 15 is 0 Å². The van der Waals surface area contributed by atoms with E-state index in [9.17, 15) is 0 Å². The summed E-state index contributed by atoms with van der Waals surface area (Å²) in [6.45, 7) is 0. The van der Waals surface area contributed by atoms with E-state index in [1.165, 1.54) is 44.5 Å². The maximum atomic E-state index is 6.65. The van der Waals surface area contributed by atoms with E-state index in [0.717, 1.165) is 23.0 Å². The molecule has 2 aliphatic carbocycles. The molecule has 0 saturated heterocycles. The van der Waals surface area contributed by atoms with Crippen molar-refractivity contribution < 1.29 is 9.47 Å². The molecule has 6 aromatic carbocycles. The Hall–Kier alpha value is -5.08. The highest BCUT2D eigenvalue weighted by molar-refractivity contribution is 5.79. The summed E-state index contributed by atoms with van der Waals surface area (Å²) in [5, 5.41) is 0. The fourth-order valence-corrected chi connectivity index (χ4v) is 9.22. The van der Waals surface area contributed by atoms with Gasteiger partial charge in [0, 0.05) is 34.1 Å². The Morgan fingerprint density at radius 2 is 0.571 bits per heavy atom. The van der Waals surface area contributed by atoms with Crippen molar-refractivity contribution in [3.8, 4) is 23.0 Å². The first-order valence-electron chi connectivity index (χ1n) is 14.8. The first kappa shape index (κ1) is 22.6. The number of para-hydroxylation sites is 4. The van der Waals surface area contributed by atoms with Gasteiger partial charge in [-0.05, 0) is 46.5 Å². The topological polar surface area (TPSA) is 18.5 Å². The molecule has 0 radical (unpaired) electrons. The minimum Gasteiger partial charge on any atom is -0.457 e. The third kappa shape index (κ3) is 2.42. The molecule has 2 nitrogen and oxygen atoms in total. The fourth-order valence-electron chi connectivity index (χ4n) is 9.22. The van der Waals surface area contributed by atoms with Crippen molar-refractivity contribution in [2.45, 2.75) is 22.7 Å². The van der Waals surface area contributed by atoms with Crippen molar-refractivity contribution in [2.75, 3.05) is 0 Å². The molecule has 6 aromatic rings. The molecule has 2 atom stereocenters. The van der Waals surface area contributed by atoms with Crippen LogP contribution in [-0.2, 0) is 10.8 Å². The summed E-state index contributed by atoms with van der Waals surface area (Å²) < 4.78 is 13.3. The third-order valence-corrected chi connectivity index (χ3v) is 10.4. The van der Waals surface area contributed by atoms with Gasteiger partial charge in [0.2, 0.25) is 0 Å². The Morgan fingerprint density at radius 3 is 0.905 bits per heavy atom. The molecule has 2 heterocycles. The second-order valence-electron chi connectivity index (χ2n) is 11.9. The first-order chi connectivity index (χ1) is 20.8. The number of ether oxygens (including phenoxy) is 2. The molecule has 2 heteroatoms. The predicted octanol–water partition coefficient (Wildman–Crippen LogP) is 9.46. The zero-order valence-corrected chi connectivity index (χ0v) is 22.8. The van der Waals surface area contributed by atoms with Gasteiger partial charge in [0.25, 0.3) is 0 Å². The summed E-state index contributed by atoms with van der Waals surface area (Å²) >= 11 is 0. The number of fused-ring (bicyclic) bond motifs is 17. The normalized spacial score (nSPS) is 20.2. The van der Waals surface area contributed by atoms with Gasteiger partial charge in [-0.25, -0.2) is 0 Å². The molecular formula is C40H26O2. The fraction of sp³-hybridized carbons (Fsp3) is 0.100. The SMILES string of the molecule is c1ccc2c(c1)Oc1ccccc1C21c2ccccc2C2C1c1ccccc1C21c2ccccc2Oc2ccccc21. The Kier molecular flexibility index (Phi) is 4.20. The summed E-state index contributed by atoms with van der Waals surface area (Å²) in [6, 6.07) is 53.2. The average molecular weight is 539 g/mol. The largest absolute Gasteiger partial charge is 0.457 e. The maximum Gasteiger partial charge on any atom is 0.131 e. The van der Waals surface area contributed by atoms with E-state index in [1.807, 2.05) is 0 Å². The molecule has 0 bridgehead atoms. The van der Waals surface area contributed by atoms with Crippen LogP contribution in [0.25, 0.3) is 0 Å². The molecule has 2 unspecified atom stereocenters. The standard InChI is InChI=1S/C40H26O2/c1-3-15-27-25(13-1)37-38(39(27)29-17-5-9-21-33(29)41-34-22-10-6-18-30(34)39)26-14-2-4-16-28(26)40(37)31-19-7-11-23-35(31)42-36-24-12-8-20-32(36)40/h1-24,37-38H. The lowest BCUT2D eigenvalue weighted by atomic mass is 9.59. The van der Waals surface area contributed by atoms with Crippen LogP contribution in [0.4, 0.5) is 0 Å². The summed E-state index contributed by atoms with van der Waals surface area (Å²) in [7, 11) is 0. The molecule has 42 heavy (non-hydrogen) atoms. The van der Waals surface area contributed by atoms with Gasteiger partial charge in [0.15, 0.2) is 0 Å². The third-order valence-electron chi connectivity index (χ3n) is 10.4. The van der Waals surface area contributed by atoms with Crippen LogP contribution < -0.4 is 9.47 Å². The lowest BCUT2D eigenvalue weighted by Crippen LogP contribution is -2.39. The van der Waals surface area contributed by atoms with Gasteiger partial charge in [0.05, 0.1) is 10.8 Å². The quantitative estimate of drug-likeness (QED) is 0.192. The smallest absolute Gasteiger partial charge is 0.131 e. The van der Waals surface area contributed by atoms with Gasteiger partial charge in [-0.1, -0.05) is 121 Å². The van der Waals surface area contributed by atoms with E-state index < -0.39 is 10.8 Å². The Bertz CT molecular complexity index is 1850. The molecule has 10 rings (SSSR count). The molecule has 0 saturated carbocycles. The minimum absolute atomic E-state index is 0.136. The lowest BCUT2D eigenvalue weighted by molar-refractivity contribution is 0.347. The van der Waals surface area contributed by atoms with Gasteiger partial charge in [-0.3, -0.25) is 0 Å². The van der Waals surface area contributed by atoms with Gasteiger partial charge in [0.1, 0.15) is 23.0 Å². The van der Waals surface area contributed by atoms with Crippen LogP contribution in [0.1, 0.15) is 56.3 Å². The molecule has 0 N–H and O–H groups in total. The summed E-state index contributed by atoms with van der Waals surface area (Å²) in [5.74, 6) is 4.04. The second kappa shape index (κ2) is 7.80. The lowest BCUT2D eigenvalue weighted by Gasteiger charge is -2.44. The number of hydrogen-bond acceptors (Lipinski definition) is 2. The van der Waals surface area contributed by atoms with Crippen molar-refractivity contribution in [1.29, 1.82) is 0 Å². The zero-order chi connectivity index (χ0) is 27.5. The van der Waals surface area contributed by atoms with Crippen molar-refractivity contribution in [1.82, 2.24) is 0 Å². The number of hydrogen-bond donors (Lipinski definition) is 0. The van der Waals surface area contributed by atoms with Crippen LogP contribution in [0.15, 0.2) is 146 Å². The zero-order valence-electron chi connectivity index (χ0n) is 22.8. The molecule has 0 aromatic heterocycles. The maximum absolute atomic E-state index is 6.65. The Balaban J connectivity index is 1.42. The van der Waals surface area contributed by atoms with Crippen LogP contribution in [0.2, 0.25) is 0 Å². The van der Waals surface area contributed by atoms with Gasteiger partial charge >= 0.3 is 0 Å². The van der Waals surface area contributed by atoms with Crippen LogP contribution in [0, 0.1) is 0 Å². The van der Waals surface area contributed by atoms with E-state index in [2.05, 4.69) is 146 Å². The monoisotopic (exact) mass is 538 g/mol. The predicted molar refractivity (Wildman–Crippen MR) is 164 cm³/mol. The van der Waals surface area contributed by atoms with Crippen molar-refractivity contribution >= 4 is 0 Å². The molecule has 0 fully saturated rings. The highest BCUT2D eigenvalue weighted by atomic mass is 16.5. The highest BCUT2D eigenvalue weighted by Crippen LogP contribution is 2.77. The van der Waals surface area contributed by atoms with E-state index in [4.69, 9.17) is 9.47 Å². The number of rotatable bonds is 0. The van der Waals surface area contributed by atoms with E-state index in [-0.39, 0.29) is 11.8 Å². The molecule has 2 spiro atoms. The molecule has 2 aliphatic heterocycles. The molecule has 4 aliphatic rings. The average Bonchev–Trinajstić information content (AvgIpc) is 3.52. The molecule has 198 valence electrons. The summed E-state index contributed by atoms with van der Waals surface area (Å²) in [6.07, 6.45) is 0. The van der Waals surface area contributed by atoms with Crippen LogP contribution in [0.5, 0.6) is 23.0 Å². The van der Waals surface area contributed by atoms with Crippen LogP contribution in [0.3, 0.4) is 0 Å². The van der Waals surface area contributed by atoms with Gasteiger partial charge < -0.3 is 9.47 Å². The first-order valence-corrected chi connectivity index (χ1v) is 14.8. The Labute approximate surface area is 244 Å². The highest BCUT2D eigenvalue weighted by Gasteiger charge is 2.69. The van der Waals surface area contributed by atoms with Crippen molar-refractivity contribution in [2.24, 2.45) is 0 Å². The Morgan fingerprint density at radius 1 is 0.310 bits per heavy atom. The molecular weight excluding hydrogens is 512 g/mol. The van der Waals surface area contributed by atoms with Crippen LogP contribution >= 0.6 is 0 Å². The summed E-state index contributed by atoms with van der Waals surface area (Å²) in [5.41, 5.74) is 9.66. The van der Waals surface area contributed by atoms with E-state index in [0.29, 0.717) is 0 Å². The van der Waals surface area contributed by atoms with Gasteiger partial charge in [-0.15, -0.1) is 0 Å². The number of benzene rings is 6. The minimum atomic E-state index is -0.422. The van der Waals surface area contributed by atoms with Gasteiger partial charge in [-0.2, -0.15) is 0 Å². The van der Waals surface area contributed by atoms with Crippen molar-refractivity contribution in [3.63, 3.8) is 0 Å². The van der Waals surface area contributed by atoms with E-state index in [1.54, 1.807) is 0 Å². The van der Waals surface area contributed by atoms with Crippen LogP contribution in [-0.4, -0.2) is 0 Å². The summed E-state index contributed by atoms with van der Waals surface area (Å²) in [4.78, 5) is 0. The van der Waals surface area contributed by atoms with Crippen molar-refractivity contribution in [3.05, 3.63) is 190 Å².